The fourth-order valence-electron chi connectivity index (χ4n) is 2.70. The molecule has 1 aliphatic carbocycles. The topological polar surface area (TPSA) is 85.8 Å². The molecule has 7 nitrogen and oxygen atoms in total. The van der Waals surface area contributed by atoms with Crippen LogP contribution in [0.1, 0.15) is 53.6 Å². The van der Waals surface area contributed by atoms with Crippen LogP contribution in [0.25, 0.3) is 0 Å². The van der Waals surface area contributed by atoms with Crippen molar-refractivity contribution in [3.05, 3.63) is 29.3 Å². The van der Waals surface area contributed by atoms with Gasteiger partial charge in [0.1, 0.15) is 0 Å². The highest BCUT2D eigenvalue weighted by Gasteiger charge is 2.19. The largest absolute Gasteiger partial charge is 0.476 e. The molecule has 0 spiro atoms. The number of carboxylic acids is 1. The lowest BCUT2D eigenvalue weighted by molar-refractivity contribution is 0.0689. The van der Waals surface area contributed by atoms with Gasteiger partial charge < -0.3 is 5.11 Å². The van der Waals surface area contributed by atoms with Crippen molar-refractivity contribution in [1.29, 1.82) is 0 Å². The molecule has 0 aliphatic heterocycles. The molecule has 106 valence electrons. The number of carbonyl (C=O) groups is 1. The van der Waals surface area contributed by atoms with Crippen molar-refractivity contribution >= 4 is 5.97 Å². The lowest BCUT2D eigenvalue weighted by atomic mass is 10.3. The molecule has 20 heavy (non-hydrogen) atoms. The highest BCUT2D eigenvalue weighted by Crippen LogP contribution is 2.28. The van der Waals surface area contributed by atoms with Crippen molar-refractivity contribution < 1.29 is 9.90 Å². The first-order chi connectivity index (χ1) is 9.65. The third-order valence-electron chi connectivity index (χ3n) is 3.86. The van der Waals surface area contributed by atoms with Gasteiger partial charge in [-0.1, -0.05) is 18.1 Å². The van der Waals surface area contributed by atoms with E-state index in [9.17, 15) is 4.79 Å². The van der Waals surface area contributed by atoms with Crippen molar-refractivity contribution in [3.63, 3.8) is 0 Å². The molecule has 0 radical (unpaired) electrons. The van der Waals surface area contributed by atoms with E-state index in [1.807, 2.05) is 16.9 Å². The van der Waals surface area contributed by atoms with Crippen LogP contribution in [0, 0.1) is 6.92 Å². The smallest absolute Gasteiger partial charge is 0.358 e. The summed E-state index contributed by atoms with van der Waals surface area (Å²) in [5.41, 5.74) is 1.43. The van der Waals surface area contributed by atoms with Crippen molar-refractivity contribution in [1.82, 2.24) is 24.8 Å². The first kappa shape index (κ1) is 12.8. The Balaban J connectivity index is 1.76. The monoisotopic (exact) mass is 275 g/mol. The average Bonchev–Trinajstić information content (AvgIpc) is 3.12. The van der Waals surface area contributed by atoms with Gasteiger partial charge in [-0.3, -0.25) is 4.68 Å². The van der Waals surface area contributed by atoms with Crippen LogP contribution in [0.5, 0.6) is 0 Å². The van der Waals surface area contributed by atoms with E-state index in [0.29, 0.717) is 18.3 Å². The third kappa shape index (κ3) is 2.31. The highest BCUT2D eigenvalue weighted by atomic mass is 16.4. The van der Waals surface area contributed by atoms with Gasteiger partial charge in [0.2, 0.25) is 0 Å². The van der Waals surface area contributed by atoms with E-state index < -0.39 is 5.97 Å². The maximum absolute atomic E-state index is 10.9. The number of aromatic nitrogens is 5. The van der Waals surface area contributed by atoms with Crippen LogP contribution in [0.2, 0.25) is 0 Å². The van der Waals surface area contributed by atoms with Gasteiger partial charge in [0.25, 0.3) is 0 Å². The molecule has 1 aliphatic rings. The van der Waals surface area contributed by atoms with E-state index in [-0.39, 0.29) is 5.69 Å². The summed E-state index contributed by atoms with van der Waals surface area (Å²) in [4.78, 5) is 10.9. The molecule has 2 aromatic rings. The summed E-state index contributed by atoms with van der Waals surface area (Å²) in [6.45, 7) is 2.16. The lowest BCUT2D eigenvalue weighted by Gasteiger charge is -2.08. The first-order valence-corrected chi connectivity index (χ1v) is 6.82. The predicted molar refractivity (Wildman–Crippen MR) is 70.6 cm³/mol. The molecular formula is C13H17N5O2. The number of hydrogen-bond donors (Lipinski definition) is 1. The Morgan fingerprint density at radius 1 is 1.45 bits per heavy atom. The fourth-order valence-corrected chi connectivity index (χ4v) is 2.70. The van der Waals surface area contributed by atoms with Gasteiger partial charge >= 0.3 is 5.97 Å². The molecule has 7 heteroatoms. The molecule has 0 saturated heterocycles. The quantitative estimate of drug-likeness (QED) is 0.916. The summed E-state index contributed by atoms with van der Waals surface area (Å²) in [7, 11) is 0. The van der Waals surface area contributed by atoms with Crippen LogP contribution in [0.15, 0.2) is 12.3 Å². The Kier molecular flexibility index (Phi) is 3.25. The molecule has 0 bridgehead atoms. The average molecular weight is 275 g/mol. The molecule has 1 N–H and O–H groups in total. The van der Waals surface area contributed by atoms with Gasteiger partial charge in [-0.2, -0.15) is 5.10 Å². The minimum absolute atomic E-state index is 0.000209. The number of hydrogen-bond acceptors (Lipinski definition) is 4. The van der Waals surface area contributed by atoms with E-state index in [0.717, 1.165) is 5.69 Å². The molecular weight excluding hydrogens is 258 g/mol. The van der Waals surface area contributed by atoms with Crippen LogP contribution >= 0.6 is 0 Å². The summed E-state index contributed by atoms with van der Waals surface area (Å²) in [6.07, 6.45) is 6.91. The summed E-state index contributed by atoms with van der Waals surface area (Å²) in [5.74, 6) is -1.05. The SMILES string of the molecule is Cc1c(C(=O)O)nnn1Cc1ccn(C2CCCC2)n1. The van der Waals surface area contributed by atoms with E-state index in [4.69, 9.17) is 5.11 Å². The summed E-state index contributed by atoms with van der Waals surface area (Å²) in [6, 6.07) is 2.47. The van der Waals surface area contributed by atoms with Crippen molar-refractivity contribution in [2.75, 3.05) is 0 Å². The van der Waals surface area contributed by atoms with Gasteiger partial charge in [0, 0.05) is 6.20 Å². The Hall–Kier alpha value is -2.18. The van der Waals surface area contributed by atoms with E-state index in [1.165, 1.54) is 25.7 Å². The number of aromatic carboxylic acids is 1. The second kappa shape index (κ2) is 5.07. The van der Waals surface area contributed by atoms with Crippen LogP contribution in [-0.4, -0.2) is 35.9 Å². The zero-order chi connectivity index (χ0) is 14.1. The molecule has 0 atom stereocenters. The van der Waals surface area contributed by atoms with Crippen molar-refractivity contribution in [3.8, 4) is 0 Å². The standard InChI is InChI=1S/C13H17N5O2/c1-9-12(13(19)20)14-16-18(9)8-10-6-7-17(15-10)11-4-2-3-5-11/h6-7,11H,2-5,8H2,1H3,(H,19,20). The normalized spacial score (nSPS) is 15.8. The van der Waals surface area contributed by atoms with Crippen LogP contribution in [0.4, 0.5) is 0 Å². The minimum atomic E-state index is -1.05. The highest BCUT2D eigenvalue weighted by molar-refractivity contribution is 5.86. The third-order valence-corrected chi connectivity index (χ3v) is 3.86. The molecule has 2 heterocycles. The molecule has 0 aromatic carbocycles. The van der Waals surface area contributed by atoms with Gasteiger partial charge in [-0.15, -0.1) is 5.10 Å². The zero-order valence-electron chi connectivity index (χ0n) is 11.4. The summed E-state index contributed by atoms with van der Waals surface area (Å²) >= 11 is 0. The van der Waals surface area contributed by atoms with Gasteiger partial charge in [0.05, 0.1) is 24.0 Å². The number of carboxylic acid groups (broad SMARTS) is 1. The van der Waals surface area contributed by atoms with E-state index in [1.54, 1.807) is 11.6 Å². The molecule has 1 fully saturated rings. The molecule has 0 unspecified atom stereocenters. The van der Waals surface area contributed by atoms with Gasteiger partial charge in [-0.25, -0.2) is 9.48 Å². The lowest BCUT2D eigenvalue weighted by Crippen LogP contribution is -2.09. The Morgan fingerprint density at radius 3 is 2.85 bits per heavy atom. The van der Waals surface area contributed by atoms with Crippen molar-refractivity contribution in [2.45, 2.75) is 45.2 Å². The molecule has 2 aromatic heterocycles. The second-order valence-electron chi connectivity index (χ2n) is 5.21. The van der Waals surface area contributed by atoms with Crippen LogP contribution < -0.4 is 0 Å². The maximum atomic E-state index is 10.9. The summed E-state index contributed by atoms with van der Waals surface area (Å²) in [5, 5.41) is 21.1. The van der Waals surface area contributed by atoms with Crippen LogP contribution in [0.3, 0.4) is 0 Å². The summed E-state index contributed by atoms with van der Waals surface area (Å²) < 4.78 is 3.59. The van der Waals surface area contributed by atoms with E-state index >= 15 is 0 Å². The maximum Gasteiger partial charge on any atom is 0.358 e. The molecule has 0 amide bonds. The minimum Gasteiger partial charge on any atom is -0.476 e. The Morgan fingerprint density at radius 2 is 2.20 bits per heavy atom. The first-order valence-electron chi connectivity index (χ1n) is 6.82. The van der Waals surface area contributed by atoms with Gasteiger partial charge in [0.15, 0.2) is 5.69 Å². The van der Waals surface area contributed by atoms with Gasteiger partial charge in [-0.05, 0) is 25.8 Å². The Bertz CT molecular complexity index is 624. The van der Waals surface area contributed by atoms with E-state index in [2.05, 4.69) is 15.4 Å². The second-order valence-corrected chi connectivity index (χ2v) is 5.21. The molecule has 1 saturated carbocycles. The number of rotatable bonds is 4. The molecule has 3 rings (SSSR count). The number of nitrogens with zero attached hydrogens (tertiary/aromatic N) is 5. The Labute approximate surface area is 116 Å². The zero-order valence-corrected chi connectivity index (χ0v) is 11.4. The predicted octanol–water partition coefficient (Wildman–Crippen LogP) is 1.64. The van der Waals surface area contributed by atoms with Crippen LogP contribution in [-0.2, 0) is 6.54 Å². The van der Waals surface area contributed by atoms with Crippen molar-refractivity contribution in [2.24, 2.45) is 0 Å². The fraction of sp³-hybridized carbons (Fsp3) is 0.538.